The van der Waals surface area contributed by atoms with Gasteiger partial charge in [-0.05, 0) is 44.0 Å². The highest BCUT2D eigenvalue weighted by Gasteiger charge is 2.22. The lowest BCUT2D eigenvalue weighted by atomic mass is 9.98. The van der Waals surface area contributed by atoms with Crippen molar-refractivity contribution in [3.63, 3.8) is 0 Å². The molecule has 4 rings (SSSR count). The van der Waals surface area contributed by atoms with E-state index in [9.17, 15) is 10.1 Å². The summed E-state index contributed by atoms with van der Waals surface area (Å²) in [5, 5.41) is 13.2. The summed E-state index contributed by atoms with van der Waals surface area (Å²) in [7, 11) is 0. The predicted molar refractivity (Wildman–Crippen MR) is 140 cm³/mol. The second kappa shape index (κ2) is 10.4. The minimum atomic E-state index is -0.448. The number of nitrogens with zero attached hydrogens (tertiary/aromatic N) is 2. The van der Waals surface area contributed by atoms with Crippen LogP contribution in [0.4, 0.5) is 5.69 Å². The van der Waals surface area contributed by atoms with E-state index in [4.69, 9.17) is 4.98 Å². The fraction of sp³-hybridized carbons (Fsp3) is 0.138. The maximum atomic E-state index is 13.0. The third kappa shape index (κ3) is 5.19. The Kier molecular flexibility index (Phi) is 7.10. The van der Waals surface area contributed by atoms with E-state index in [0.717, 1.165) is 39.2 Å². The maximum absolute atomic E-state index is 13.0. The first kappa shape index (κ1) is 23.3. The molecule has 4 nitrogen and oxygen atoms in total. The Morgan fingerprint density at radius 1 is 0.941 bits per heavy atom. The third-order valence-electron chi connectivity index (χ3n) is 5.59. The molecule has 0 bridgehead atoms. The van der Waals surface area contributed by atoms with E-state index in [-0.39, 0.29) is 5.91 Å². The van der Waals surface area contributed by atoms with Gasteiger partial charge in [0.05, 0.1) is 16.5 Å². The average molecular weight is 464 g/mol. The first-order valence-electron chi connectivity index (χ1n) is 11.1. The number of aryl methyl sites for hydroxylation is 2. The fourth-order valence-electron chi connectivity index (χ4n) is 3.60. The second-order valence-electron chi connectivity index (χ2n) is 8.14. The zero-order valence-electron chi connectivity index (χ0n) is 19.4. The smallest absolute Gasteiger partial charge is 0.237 e. The number of hydrogen-bond donors (Lipinski definition) is 1. The molecule has 1 N–H and O–H groups in total. The van der Waals surface area contributed by atoms with Crippen LogP contribution in [0.15, 0.2) is 90.0 Å². The molecule has 1 aromatic heterocycles. The van der Waals surface area contributed by atoms with Gasteiger partial charge in [0.15, 0.2) is 0 Å². The van der Waals surface area contributed by atoms with E-state index in [0.29, 0.717) is 10.6 Å². The molecule has 1 heterocycles. The van der Waals surface area contributed by atoms with E-state index in [2.05, 4.69) is 11.4 Å². The summed E-state index contributed by atoms with van der Waals surface area (Å²) < 4.78 is 0. The molecule has 1 atom stereocenters. The Balaban J connectivity index is 1.74. The van der Waals surface area contributed by atoms with Crippen LogP contribution in [0, 0.1) is 25.2 Å². The van der Waals surface area contributed by atoms with Gasteiger partial charge in [-0.3, -0.25) is 4.79 Å². The van der Waals surface area contributed by atoms with E-state index in [1.54, 1.807) is 0 Å². The quantitative estimate of drug-likeness (QED) is 0.312. The molecule has 0 aliphatic carbocycles. The topological polar surface area (TPSA) is 65.8 Å². The molecule has 1 amide bonds. The van der Waals surface area contributed by atoms with Crippen LogP contribution in [-0.4, -0.2) is 16.1 Å². The van der Waals surface area contributed by atoms with Crippen molar-refractivity contribution in [1.82, 2.24) is 4.98 Å². The van der Waals surface area contributed by atoms with Crippen LogP contribution >= 0.6 is 11.8 Å². The molecule has 3 aromatic carbocycles. The zero-order chi connectivity index (χ0) is 24.1. The monoisotopic (exact) mass is 463 g/mol. The van der Waals surface area contributed by atoms with Crippen molar-refractivity contribution < 1.29 is 4.79 Å². The van der Waals surface area contributed by atoms with Crippen LogP contribution in [0.5, 0.6) is 0 Å². The van der Waals surface area contributed by atoms with Gasteiger partial charge in [0.25, 0.3) is 0 Å². The Hall–Kier alpha value is -3.88. The summed E-state index contributed by atoms with van der Waals surface area (Å²) in [4.78, 5) is 17.8. The van der Waals surface area contributed by atoms with Crippen molar-refractivity contribution in [2.24, 2.45) is 0 Å². The van der Waals surface area contributed by atoms with Gasteiger partial charge in [0.1, 0.15) is 11.1 Å². The summed E-state index contributed by atoms with van der Waals surface area (Å²) in [6.07, 6.45) is 0. The number of thioether (sulfide) groups is 1. The molecule has 0 radical (unpaired) electrons. The number of hydrogen-bond acceptors (Lipinski definition) is 4. The van der Waals surface area contributed by atoms with Crippen molar-refractivity contribution in [2.45, 2.75) is 31.0 Å². The largest absolute Gasteiger partial charge is 0.325 e. The van der Waals surface area contributed by atoms with Crippen LogP contribution in [0.2, 0.25) is 0 Å². The molecule has 0 aliphatic rings. The zero-order valence-corrected chi connectivity index (χ0v) is 20.2. The number of amides is 1. The van der Waals surface area contributed by atoms with Crippen molar-refractivity contribution >= 4 is 23.4 Å². The number of benzene rings is 3. The van der Waals surface area contributed by atoms with Crippen molar-refractivity contribution in [3.8, 4) is 28.5 Å². The van der Waals surface area contributed by atoms with Crippen LogP contribution in [0.1, 0.15) is 23.6 Å². The average Bonchev–Trinajstić information content (AvgIpc) is 2.86. The van der Waals surface area contributed by atoms with Crippen molar-refractivity contribution in [3.05, 3.63) is 102 Å². The molecule has 0 unspecified atom stereocenters. The Bertz CT molecular complexity index is 1360. The summed E-state index contributed by atoms with van der Waals surface area (Å²) in [6, 6.07) is 30.0. The number of carbonyl (C=O) groups is 1. The molecule has 0 spiro atoms. The van der Waals surface area contributed by atoms with E-state index >= 15 is 0 Å². The number of nitriles is 1. The van der Waals surface area contributed by atoms with E-state index in [1.165, 1.54) is 11.8 Å². The molecule has 34 heavy (non-hydrogen) atoms. The number of aromatic nitrogens is 1. The van der Waals surface area contributed by atoms with Gasteiger partial charge >= 0.3 is 0 Å². The number of carbonyl (C=O) groups excluding carboxylic acids is 1. The first-order valence-corrected chi connectivity index (χ1v) is 11.9. The summed E-state index contributed by atoms with van der Waals surface area (Å²) >= 11 is 1.30. The minimum absolute atomic E-state index is 0.132. The van der Waals surface area contributed by atoms with Crippen molar-refractivity contribution in [2.75, 3.05) is 5.32 Å². The highest BCUT2D eigenvalue weighted by Crippen LogP contribution is 2.36. The highest BCUT2D eigenvalue weighted by atomic mass is 32.2. The van der Waals surface area contributed by atoms with Crippen LogP contribution in [0.3, 0.4) is 0 Å². The number of pyridine rings is 1. The number of rotatable bonds is 6. The van der Waals surface area contributed by atoms with Gasteiger partial charge in [-0.1, -0.05) is 90.1 Å². The van der Waals surface area contributed by atoms with Gasteiger partial charge in [-0.15, -0.1) is 0 Å². The molecule has 4 aromatic rings. The molecule has 5 heteroatoms. The predicted octanol–water partition coefficient (Wildman–Crippen LogP) is 7.02. The van der Waals surface area contributed by atoms with Crippen LogP contribution < -0.4 is 5.32 Å². The Morgan fingerprint density at radius 2 is 1.62 bits per heavy atom. The highest BCUT2D eigenvalue weighted by molar-refractivity contribution is 8.00. The Labute approximate surface area is 204 Å². The van der Waals surface area contributed by atoms with Gasteiger partial charge < -0.3 is 5.32 Å². The molecule has 0 aliphatic heterocycles. The third-order valence-corrected chi connectivity index (χ3v) is 6.68. The second-order valence-corrected chi connectivity index (χ2v) is 9.47. The molecule has 0 fully saturated rings. The van der Waals surface area contributed by atoms with Crippen molar-refractivity contribution in [1.29, 1.82) is 5.26 Å². The van der Waals surface area contributed by atoms with Gasteiger partial charge in [0, 0.05) is 16.8 Å². The van der Waals surface area contributed by atoms with E-state index < -0.39 is 5.25 Å². The standard InChI is InChI=1S/C29H25N3OS/c1-19-13-15-22(16-14-19)24-17-27(23-10-5-4-6-11-23)32-29(25(24)18-30)34-21(3)28(33)31-26-12-8-7-9-20(26)2/h4-17,21H,1-3H3,(H,31,33)/t21-/m1/s1. The molecular formula is C29H25N3OS. The molecule has 168 valence electrons. The van der Waals surface area contributed by atoms with E-state index in [1.807, 2.05) is 106 Å². The molecule has 0 saturated carbocycles. The lowest BCUT2D eigenvalue weighted by molar-refractivity contribution is -0.115. The Morgan fingerprint density at radius 3 is 2.29 bits per heavy atom. The van der Waals surface area contributed by atoms with Gasteiger partial charge in [0.2, 0.25) is 5.91 Å². The number of nitrogens with one attached hydrogen (secondary N) is 1. The van der Waals surface area contributed by atoms with Crippen LogP contribution in [0.25, 0.3) is 22.4 Å². The molecular weight excluding hydrogens is 438 g/mol. The lowest BCUT2D eigenvalue weighted by Crippen LogP contribution is -2.23. The number of anilines is 1. The summed E-state index contributed by atoms with van der Waals surface area (Å²) in [5.41, 5.74) is 6.89. The summed E-state index contributed by atoms with van der Waals surface area (Å²) in [5.74, 6) is -0.132. The minimum Gasteiger partial charge on any atom is -0.325 e. The summed E-state index contributed by atoms with van der Waals surface area (Å²) in [6.45, 7) is 5.83. The van der Waals surface area contributed by atoms with Gasteiger partial charge in [-0.25, -0.2) is 4.98 Å². The first-order chi connectivity index (χ1) is 16.5. The normalized spacial score (nSPS) is 11.5. The maximum Gasteiger partial charge on any atom is 0.237 e. The fourth-order valence-corrected chi connectivity index (χ4v) is 4.53. The van der Waals surface area contributed by atoms with Gasteiger partial charge in [-0.2, -0.15) is 5.26 Å². The number of para-hydroxylation sites is 1. The molecule has 0 saturated heterocycles. The lowest BCUT2D eigenvalue weighted by Gasteiger charge is -2.16. The van der Waals surface area contributed by atoms with Crippen LogP contribution in [-0.2, 0) is 4.79 Å². The SMILES string of the molecule is Cc1ccc(-c2cc(-c3ccccc3)nc(S[C@H](C)C(=O)Nc3ccccc3C)c2C#N)cc1.